The van der Waals surface area contributed by atoms with E-state index >= 15 is 0 Å². The Morgan fingerprint density at radius 1 is 1.22 bits per heavy atom. The normalized spacial score (nSPS) is 13.4. The number of aromatic nitrogens is 5. The fourth-order valence-electron chi connectivity index (χ4n) is 2.81. The van der Waals surface area contributed by atoms with E-state index in [1.54, 1.807) is 6.33 Å². The minimum Gasteiger partial charge on any atom is -0.491 e. The summed E-state index contributed by atoms with van der Waals surface area (Å²) in [6.07, 6.45) is 1.57. The summed E-state index contributed by atoms with van der Waals surface area (Å²) in [5.74, 6) is 2.52. The molecule has 1 aliphatic rings. The Labute approximate surface area is 142 Å². The van der Waals surface area contributed by atoms with Gasteiger partial charge in [0.1, 0.15) is 34.8 Å². The summed E-state index contributed by atoms with van der Waals surface area (Å²) < 4.78 is 10.7. The number of rotatable bonds is 2. The van der Waals surface area contributed by atoms with Gasteiger partial charge in [0.2, 0.25) is 0 Å². The first-order chi connectivity index (χ1) is 11.2. The molecular weight excluding hydrogens is 358 g/mol. The fraction of sp³-hybridized carbons (Fsp3) is 0.312. The minimum absolute atomic E-state index is 0.219. The SMILES string of the molecule is CC(C)n1ncnc1-c1nc2n(c1Br)CCOc1ccccc1-2. The van der Waals surface area contributed by atoms with Gasteiger partial charge in [-0.1, -0.05) is 12.1 Å². The van der Waals surface area contributed by atoms with Crippen molar-refractivity contribution in [2.45, 2.75) is 26.4 Å². The molecule has 0 spiro atoms. The lowest BCUT2D eigenvalue weighted by Gasteiger charge is -2.08. The lowest BCUT2D eigenvalue weighted by molar-refractivity contribution is 0.306. The van der Waals surface area contributed by atoms with E-state index in [1.165, 1.54) is 0 Å². The monoisotopic (exact) mass is 373 g/mol. The highest BCUT2D eigenvalue weighted by atomic mass is 79.9. The third-order valence-electron chi connectivity index (χ3n) is 3.88. The molecule has 4 rings (SSSR count). The van der Waals surface area contributed by atoms with Gasteiger partial charge in [-0.15, -0.1) is 0 Å². The van der Waals surface area contributed by atoms with Crippen LogP contribution in [-0.4, -0.2) is 30.9 Å². The fourth-order valence-corrected chi connectivity index (χ4v) is 3.42. The van der Waals surface area contributed by atoms with E-state index in [9.17, 15) is 0 Å². The summed E-state index contributed by atoms with van der Waals surface area (Å²) >= 11 is 3.69. The zero-order chi connectivity index (χ0) is 16.0. The van der Waals surface area contributed by atoms with Crippen molar-refractivity contribution in [1.82, 2.24) is 24.3 Å². The topological polar surface area (TPSA) is 57.8 Å². The molecule has 0 bridgehead atoms. The van der Waals surface area contributed by atoms with E-state index in [-0.39, 0.29) is 6.04 Å². The molecule has 0 saturated carbocycles. The summed E-state index contributed by atoms with van der Waals surface area (Å²) in [7, 11) is 0. The molecule has 2 aromatic heterocycles. The second-order valence-corrected chi connectivity index (χ2v) is 6.44. The molecule has 1 aromatic carbocycles. The molecule has 0 atom stereocenters. The van der Waals surface area contributed by atoms with Gasteiger partial charge in [0.05, 0.1) is 12.1 Å². The molecule has 0 fully saturated rings. The number of halogens is 1. The molecule has 7 heteroatoms. The lowest BCUT2D eigenvalue weighted by atomic mass is 10.2. The quantitative estimate of drug-likeness (QED) is 0.689. The van der Waals surface area contributed by atoms with Gasteiger partial charge in [0.25, 0.3) is 0 Å². The van der Waals surface area contributed by atoms with Crippen LogP contribution in [0, 0.1) is 0 Å². The standard InChI is InChI=1S/C16H16BrN5O/c1-10(2)22-16(18-9-19-22)13-14(17)21-7-8-23-12-6-4-3-5-11(12)15(21)20-13/h3-6,9-10H,7-8H2,1-2H3. The summed E-state index contributed by atoms with van der Waals surface area (Å²) in [4.78, 5) is 9.26. The number of benzene rings is 1. The zero-order valence-corrected chi connectivity index (χ0v) is 14.5. The van der Waals surface area contributed by atoms with E-state index in [0.717, 1.165) is 39.8 Å². The van der Waals surface area contributed by atoms with Gasteiger partial charge < -0.3 is 9.30 Å². The molecule has 0 saturated heterocycles. The number of fused-ring (bicyclic) bond motifs is 3. The van der Waals surface area contributed by atoms with Gasteiger partial charge in [-0.25, -0.2) is 14.6 Å². The largest absolute Gasteiger partial charge is 0.491 e. The Hall–Kier alpha value is -2.15. The number of nitrogens with zero attached hydrogens (tertiary/aromatic N) is 5. The average Bonchev–Trinajstić information content (AvgIpc) is 3.09. The third-order valence-corrected chi connectivity index (χ3v) is 4.68. The Balaban J connectivity index is 1.93. The molecule has 0 radical (unpaired) electrons. The molecular formula is C16H16BrN5O. The number of hydrogen-bond acceptors (Lipinski definition) is 4. The first-order valence-corrected chi connectivity index (χ1v) is 8.34. The van der Waals surface area contributed by atoms with E-state index in [1.807, 2.05) is 28.9 Å². The van der Waals surface area contributed by atoms with Crippen LogP contribution in [0.25, 0.3) is 22.9 Å². The molecule has 118 valence electrons. The minimum atomic E-state index is 0.219. The van der Waals surface area contributed by atoms with Crippen molar-refractivity contribution >= 4 is 15.9 Å². The molecule has 6 nitrogen and oxygen atoms in total. The molecule has 23 heavy (non-hydrogen) atoms. The van der Waals surface area contributed by atoms with Crippen LogP contribution in [0.3, 0.4) is 0 Å². The highest BCUT2D eigenvalue weighted by molar-refractivity contribution is 9.10. The number of imidazole rings is 1. The maximum Gasteiger partial charge on any atom is 0.179 e. The summed E-state index contributed by atoms with van der Waals surface area (Å²) in [6, 6.07) is 8.20. The van der Waals surface area contributed by atoms with Crippen LogP contribution in [0.15, 0.2) is 35.2 Å². The molecule has 3 heterocycles. The van der Waals surface area contributed by atoms with Crippen molar-refractivity contribution in [2.75, 3.05) is 6.61 Å². The molecule has 0 N–H and O–H groups in total. The van der Waals surface area contributed by atoms with E-state index < -0.39 is 0 Å². The van der Waals surface area contributed by atoms with Crippen LogP contribution in [0.5, 0.6) is 5.75 Å². The van der Waals surface area contributed by atoms with Crippen LogP contribution in [0.4, 0.5) is 0 Å². The van der Waals surface area contributed by atoms with E-state index in [4.69, 9.17) is 9.72 Å². The molecule has 1 aliphatic heterocycles. The van der Waals surface area contributed by atoms with Crippen molar-refractivity contribution in [3.63, 3.8) is 0 Å². The smallest absolute Gasteiger partial charge is 0.179 e. The second kappa shape index (κ2) is 5.49. The summed E-state index contributed by atoms with van der Waals surface area (Å²) in [5.41, 5.74) is 1.80. The van der Waals surface area contributed by atoms with Crippen LogP contribution in [0.2, 0.25) is 0 Å². The van der Waals surface area contributed by atoms with Crippen molar-refractivity contribution in [3.05, 3.63) is 35.2 Å². The van der Waals surface area contributed by atoms with Crippen LogP contribution < -0.4 is 4.74 Å². The van der Waals surface area contributed by atoms with Crippen LogP contribution in [-0.2, 0) is 6.54 Å². The van der Waals surface area contributed by atoms with Gasteiger partial charge in [-0.2, -0.15) is 5.10 Å². The number of para-hydroxylation sites is 1. The highest BCUT2D eigenvalue weighted by Gasteiger charge is 2.25. The van der Waals surface area contributed by atoms with Gasteiger partial charge in [0.15, 0.2) is 5.82 Å². The lowest BCUT2D eigenvalue weighted by Crippen LogP contribution is -2.07. The summed E-state index contributed by atoms with van der Waals surface area (Å²) in [6.45, 7) is 5.50. The Morgan fingerprint density at radius 2 is 2.04 bits per heavy atom. The zero-order valence-electron chi connectivity index (χ0n) is 12.9. The van der Waals surface area contributed by atoms with E-state index in [0.29, 0.717) is 6.61 Å². The van der Waals surface area contributed by atoms with Gasteiger partial charge in [-0.05, 0) is 41.9 Å². The first kappa shape index (κ1) is 14.4. The Morgan fingerprint density at radius 3 is 2.87 bits per heavy atom. The average molecular weight is 374 g/mol. The van der Waals surface area contributed by atoms with Crippen LogP contribution in [0.1, 0.15) is 19.9 Å². The highest BCUT2D eigenvalue weighted by Crippen LogP contribution is 2.37. The molecule has 3 aromatic rings. The first-order valence-electron chi connectivity index (χ1n) is 7.55. The van der Waals surface area contributed by atoms with Gasteiger partial charge >= 0.3 is 0 Å². The third kappa shape index (κ3) is 2.26. The maximum absolute atomic E-state index is 5.82. The molecule has 0 unspecified atom stereocenters. The number of ether oxygens (including phenoxy) is 1. The maximum atomic E-state index is 5.82. The van der Waals surface area contributed by atoms with Crippen LogP contribution >= 0.6 is 15.9 Å². The number of hydrogen-bond donors (Lipinski definition) is 0. The van der Waals surface area contributed by atoms with Crippen molar-refractivity contribution in [1.29, 1.82) is 0 Å². The van der Waals surface area contributed by atoms with Crippen molar-refractivity contribution < 1.29 is 4.74 Å². The van der Waals surface area contributed by atoms with E-state index in [2.05, 4.69) is 44.4 Å². The van der Waals surface area contributed by atoms with Gasteiger partial charge in [0, 0.05) is 6.04 Å². The molecule has 0 aliphatic carbocycles. The van der Waals surface area contributed by atoms with Crippen molar-refractivity contribution in [3.8, 4) is 28.7 Å². The second-order valence-electron chi connectivity index (χ2n) is 5.69. The van der Waals surface area contributed by atoms with Gasteiger partial charge in [-0.3, -0.25) is 0 Å². The predicted octanol–water partition coefficient (Wildman–Crippen LogP) is 3.54. The predicted molar refractivity (Wildman–Crippen MR) is 90.3 cm³/mol. The Kier molecular flexibility index (Phi) is 3.45. The summed E-state index contributed by atoms with van der Waals surface area (Å²) in [5, 5.41) is 4.31. The molecule has 0 amide bonds. The van der Waals surface area contributed by atoms with Crippen molar-refractivity contribution in [2.24, 2.45) is 0 Å². The Bertz CT molecular complexity index is 867.